The van der Waals surface area contributed by atoms with E-state index in [4.69, 9.17) is 4.98 Å². The summed E-state index contributed by atoms with van der Waals surface area (Å²) in [6, 6.07) is 0. The summed E-state index contributed by atoms with van der Waals surface area (Å²) in [6.45, 7) is 5.19. The number of imidazole rings is 1. The Kier molecular flexibility index (Phi) is 4.59. The maximum atomic E-state index is 4.70. The van der Waals surface area contributed by atoms with Crippen molar-refractivity contribution in [2.24, 2.45) is 7.05 Å². The lowest BCUT2D eigenvalue weighted by Gasteiger charge is -2.31. The Morgan fingerprint density at radius 3 is 2.60 bits per heavy atom. The molecule has 0 bridgehead atoms. The zero-order chi connectivity index (χ0) is 17.2. The predicted molar refractivity (Wildman–Crippen MR) is 98.3 cm³/mol. The second-order valence-electron chi connectivity index (χ2n) is 6.56. The number of hydrogen-bond acceptors (Lipinski definition) is 6. The number of thiazole rings is 1. The molecule has 0 radical (unpaired) electrons. The third-order valence-corrected chi connectivity index (χ3v) is 5.79. The smallest absolute Gasteiger partial charge is 0.110 e. The third-order valence-electron chi connectivity index (χ3n) is 5.03. The van der Waals surface area contributed by atoms with Crippen LogP contribution >= 0.6 is 11.3 Å². The Balaban J connectivity index is 1.51. The van der Waals surface area contributed by atoms with Crippen LogP contribution in [0.1, 0.15) is 35.2 Å². The molecule has 1 aliphatic heterocycles. The number of aromatic nitrogens is 5. The molecule has 1 saturated heterocycles. The molecule has 6 nitrogen and oxygen atoms in total. The summed E-state index contributed by atoms with van der Waals surface area (Å²) in [6.07, 6.45) is 9.69. The molecule has 0 unspecified atom stereocenters. The van der Waals surface area contributed by atoms with E-state index in [0.29, 0.717) is 5.92 Å². The van der Waals surface area contributed by atoms with Gasteiger partial charge in [0.2, 0.25) is 0 Å². The van der Waals surface area contributed by atoms with Crippen molar-refractivity contribution in [2.75, 3.05) is 13.1 Å². The second kappa shape index (κ2) is 7.01. The Morgan fingerprint density at radius 2 is 1.92 bits per heavy atom. The number of hydrogen-bond donors (Lipinski definition) is 0. The number of piperidine rings is 1. The van der Waals surface area contributed by atoms with Gasteiger partial charge in [-0.1, -0.05) is 0 Å². The Hall–Kier alpha value is -2.12. The van der Waals surface area contributed by atoms with Crippen LogP contribution in [-0.2, 0) is 13.6 Å². The maximum Gasteiger partial charge on any atom is 0.110 e. The fourth-order valence-corrected chi connectivity index (χ4v) is 4.11. The molecule has 7 heteroatoms. The van der Waals surface area contributed by atoms with Gasteiger partial charge in [-0.25, -0.2) is 4.98 Å². The molecule has 0 aromatic carbocycles. The van der Waals surface area contributed by atoms with Gasteiger partial charge in [0.1, 0.15) is 11.5 Å². The summed E-state index contributed by atoms with van der Waals surface area (Å²) < 4.78 is 2.09. The summed E-state index contributed by atoms with van der Waals surface area (Å²) in [5.74, 6) is 1.45. The Morgan fingerprint density at radius 1 is 1.12 bits per heavy atom. The molecule has 4 rings (SSSR count). The standard InChI is InChI=1S/C18H22N6S/c1-13-22-10-16(23(13)2)18-17(20-5-6-21-18)14-3-7-24(8-4-14)11-15-9-19-12-25-15/h5-6,9-10,12,14H,3-4,7-8,11H2,1-2H3. The fourth-order valence-electron chi connectivity index (χ4n) is 3.47. The highest BCUT2D eigenvalue weighted by Crippen LogP contribution is 2.33. The lowest BCUT2D eigenvalue weighted by molar-refractivity contribution is 0.205. The largest absolute Gasteiger partial charge is 0.330 e. The van der Waals surface area contributed by atoms with E-state index in [0.717, 1.165) is 55.4 Å². The van der Waals surface area contributed by atoms with Gasteiger partial charge in [-0.05, 0) is 32.9 Å². The number of aryl methyl sites for hydroxylation is 1. The van der Waals surface area contributed by atoms with Crippen molar-refractivity contribution in [3.8, 4) is 11.4 Å². The van der Waals surface area contributed by atoms with Crippen molar-refractivity contribution >= 4 is 11.3 Å². The van der Waals surface area contributed by atoms with Crippen LogP contribution in [-0.4, -0.2) is 42.5 Å². The molecular weight excluding hydrogens is 332 g/mol. The zero-order valence-electron chi connectivity index (χ0n) is 14.6. The van der Waals surface area contributed by atoms with Crippen molar-refractivity contribution in [1.29, 1.82) is 0 Å². The topological polar surface area (TPSA) is 59.7 Å². The summed E-state index contributed by atoms with van der Waals surface area (Å²) >= 11 is 1.73. The highest BCUT2D eigenvalue weighted by atomic mass is 32.1. The first-order valence-corrected chi connectivity index (χ1v) is 9.49. The quantitative estimate of drug-likeness (QED) is 0.721. The van der Waals surface area contributed by atoms with Gasteiger partial charge in [0.05, 0.1) is 23.1 Å². The van der Waals surface area contributed by atoms with Crippen LogP contribution in [0.15, 0.2) is 30.3 Å². The monoisotopic (exact) mass is 354 g/mol. The third kappa shape index (κ3) is 3.34. The predicted octanol–water partition coefficient (Wildman–Crippen LogP) is 3.02. The molecule has 0 aliphatic carbocycles. The van der Waals surface area contributed by atoms with E-state index in [1.165, 1.54) is 4.88 Å². The van der Waals surface area contributed by atoms with Gasteiger partial charge in [-0.2, -0.15) is 0 Å². The first-order chi connectivity index (χ1) is 12.2. The summed E-state index contributed by atoms with van der Waals surface area (Å²) in [5.41, 5.74) is 5.05. The maximum absolute atomic E-state index is 4.70. The molecule has 1 aliphatic rings. The van der Waals surface area contributed by atoms with Crippen molar-refractivity contribution in [1.82, 2.24) is 29.4 Å². The highest BCUT2D eigenvalue weighted by molar-refractivity contribution is 7.09. The van der Waals surface area contributed by atoms with Crippen LogP contribution in [0, 0.1) is 6.92 Å². The zero-order valence-corrected chi connectivity index (χ0v) is 15.4. The highest BCUT2D eigenvalue weighted by Gasteiger charge is 2.25. The molecule has 130 valence electrons. The van der Waals surface area contributed by atoms with E-state index in [-0.39, 0.29) is 0 Å². The van der Waals surface area contributed by atoms with Gasteiger partial charge in [-0.3, -0.25) is 19.9 Å². The van der Waals surface area contributed by atoms with Gasteiger partial charge in [0.25, 0.3) is 0 Å². The fraction of sp³-hybridized carbons (Fsp3) is 0.444. The molecule has 0 saturated carbocycles. The molecule has 4 heterocycles. The van der Waals surface area contributed by atoms with Crippen molar-refractivity contribution < 1.29 is 0 Å². The molecule has 0 atom stereocenters. The van der Waals surface area contributed by atoms with Crippen LogP contribution in [0.5, 0.6) is 0 Å². The molecule has 3 aromatic rings. The van der Waals surface area contributed by atoms with E-state index in [9.17, 15) is 0 Å². The minimum absolute atomic E-state index is 0.455. The number of nitrogens with zero attached hydrogens (tertiary/aromatic N) is 6. The van der Waals surface area contributed by atoms with E-state index in [2.05, 4.69) is 24.4 Å². The minimum Gasteiger partial charge on any atom is -0.330 e. The van der Waals surface area contributed by atoms with E-state index >= 15 is 0 Å². The van der Waals surface area contributed by atoms with E-state index in [1.54, 1.807) is 17.5 Å². The SMILES string of the molecule is Cc1ncc(-c2nccnc2C2CCN(Cc3cncs3)CC2)n1C. The van der Waals surface area contributed by atoms with Crippen molar-refractivity contribution in [3.05, 3.63) is 46.7 Å². The van der Waals surface area contributed by atoms with Crippen LogP contribution in [0.4, 0.5) is 0 Å². The van der Waals surface area contributed by atoms with Crippen molar-refractivity contribution in [3.63, 3.8) is 0 Å². The minimum atomic E-state index is 0.455. The first kappa shape index (κ1) is 16.4. The van der Waals surface area contributed by atoms with Gasteiger partial charge in [0, 0.05) is 43.0 Å². The molecule has 3 aromatic heterocycles. The molecule has 0 N–H and O–H groups in total. The first-order valence-electron chi connectivity index (χ1n) is 8.61. The lowest BCUT2D eigenvalue weighted by Crippen LogP contribution is -2.32. The lowest BCUT2D eigenvalue weighted by atomic mass is 9.91. The van der Waals surface area contributed by atoms with Crippen LogP contribution in [0.25, 0.3) is 11.4 Å². The van der Waals surface area contributed by atoms with Crippen LogP contribution < -0.4 is 0 Å². The number of rotatable bonds is 4. The van der Waals surface area contributed by atoms with Crippen molar-refractivity contribution in [2.45, 2.75) is 32.2 Å². The summed E-state index contributed by atoms with van der Waals surface area (Å²) in [7, 11) is 2.04. The second-order valence-corrected chi connectivity index (χ2v) is 7.53. The number of likely N-dealkylation sites (tertiary alicyclic amines) is 1. The van der Waals surface area contributed by atoms with E-state index < -0.39 is 0 Å². The average Bonchev–Trinajstić information content (AvgIpc) is 3.27. The van der Waals surface area contributed by atoms with Gasteiger partial charge >= 0.3 is 0 Å². The molecule has 0 spiro atoms. The summed E-state index contributed by atoms with van der Waals surface area (Å²) in [5, 5.41) is 0. The molecule has 25 heavy (non-hydrogen) atoms. The Labute approximate surface area is 151 Å². The van der Waals surface area contributed by atoms with E-state index in [1.807, 2.05) is 38.1 Å². The van der Waals surface area contributed by atoms with Gasteiger partial charge in [0.15, 0.2) is 0 Å². The molecule has 1 fully saturated rings. The molecular formula is C18H22N6S. The average molecular weight is 354 g/mol. The van der Waals surface area contributed by atoms with Gasteiger partial charge in [-0.15, -0.1) is 11.3 Å². The van der Waals surface area contributed by atoms with Gasteiger partial charge < -0.3 is 4.57 Å². The molecule has 0 amide bonds. The van der Waals surface area contributed by atoms with Crippen LogP contribution in [0.2, 0.25) is 0 Å². The normalized spacial score (nSPS) is 16.4. The van der Waals surface area contributed by atoms with Crippen LogP contribution in [0.3, 0.4) is 0 Å². The Bertz CT molecular complexity index is 833. The summed E-state index contributed by atoms with van der Waals surface area (Å²) in [4.78, 5) is 21.8.